The Bertz CT molecular complexity index is 1190. The van der Waals surface area contributed by atoms with Crippen LogP contribution >= 0.6 is 0 Å². The summed E-state index contributed by atoms with van der Waals surface area (Å²) in [5, 5.41) is 14.2. The van der Waals surface area contributed by atoms with Crippen LogP contribution in [0.15, 0.2) is 84.9 Å². The van der Waals surface area contributed by atoms with Gasteiger partial charge in [-0.2, -0.15) is 0 Å². The molecular weight excluding hydrogens is 422 g/mol. The number of nitrogens with zero attached hydrogens (tertiary/aromatic N) is 1. The Morgan fingerprint density at radius 2 is 1.70 bits per heavy atom. The van der Waals surface area contributed by atoms with Gasteiger partial charge in [0.2, 0.25) is 0 Å². The van der Waals surface area contributed by atoms with Crippen LogP contribution in [0.2, 0.25) is 0 Å². The van der Waals surface area contributed by atoms with Crippen molar-refractivity contribution < 1.29 is 18.7 Å². The SMILES string of the molecule is O=C(O)C1(c2ccccc2)C(c2cc(F)ccc2F)=C[C@@H](c2ccccc2)N1C1CCNC1. The van der Waals surface area contributed by atoms with Gasteiger partial charge in [0, 0.05) is 18.2 Å². The van der Waals surface area contributed by atoms with Gasteiger partial charge in [-0.25, -0.2) is 13.6 Å². The number of carboxylic acids is 1. The van der Waals surface area contributed by atoms with E-state index in [2.05, 4.69) is 5.32 Å². The van der Waals surface area contributed by atoms with Gasteiger partial charge < -0.3 is 10.4 Å². The summed E-state index contributed by atoms with van der Waals surface area (Å²) in [4.78, 5) is 15.3. The van der Waals surface area contributed by atoms with Crippen molar-refractivity contribution in [2.45, 2.75) is 24.0 Å². The normalized spacial score (nSPS) is 25.2. The quantitative estimate of drug-likeness (QED) is 0.594. The van der Waals surface area contributed by atoms with Crippen molar-refractivity contribution >= 4 is 11.5 Å². The lowest BCUT2D eigenvalue weighted by molar-refractivity contribution is -0.150. The van der Waals surface area contributed by atoms with E-state index in [9.17, 15) is 14.3 Å². The summed E-state index contributed by atoms with van der Waals surface area (Å²) in [7, 11) is 0. The van der Waals surface area contributed by atoms with Gasteiger partial charge in [0.25, 0.3) is 0 Å². The molecule has 2 unspecified atom stereocenters. The maximum absolute atomic E-state index is 15.1. The molecule has 0 radical (unpaired) electrons. The van der Waals surface area contributed by atoms with Crippen molar-refractivity contribution in [1.82, 2.24) is 10.2 Å². The van der Waals surface area contributed by atoms with Crippen LogP contribution in [0.5, 0.6) is 0 Å². The predicted octanol–water partition coefficient (Wildman–Crippen LogP) is 4.75. The smallest absolute Gasteiger partial charge is 0.333 e. The highest BCUT2D eigenvalue weighted by molar-refractivity contribution is 6.00. The van der Waals surface area contributed by atoms with E-state index in [1.165, 1.54) is 0 Å². The van der Waals surface area contributed by atoms with Gasteiger partial charge in [-0.05, 0) is 47.9 Å². The van der Waals surface area contributed by atoms with E-state index in [-0.39, 0.29) is 17.2 Å². The number of benzene rings is 3. The Kier molecular flexibility index (Phi) is 5.56. The Labute approximate surface area is 191 Å². The molecule has 6 heteroatoms. The van der Waals surface area contributed by atoms with Gasteiger partial charge in [-0.3, -0.25) is 4.90 Å². The molecule has 0 bridgehead atoms. The zero-order valence-electron chi connectivity index (χ0n) is 17.9. The van der Waals surface area contributed by atoms with E-state index >= 15 is 4.39 Å². The first-order valence-corrected chi connectivity index (χ1v) is 11.0. The van der Waals surface area contributed by atoms with Crippen molar-refractivity contribution in [3.63, 3.8) is 0 Å². The van der Waals surface area contributed by atoms with E-state index in [0.29, 0.717) is 12.1 Å². The molecule has 1 saturated heterocycles. The molecule has 0 saturated carbocycles. The summed E-state index contributed by atoms with van der Waals surface area (Å²) in [6.07, 6.45) is 2.55. The molecule has 33 heavy (non-hydrogen) atoms. The number of carboxylic acid groups (broad SMARTS) is 1. The number of nitrogens with one attached hydrogen (secondary N) is 1. The van der Waals surface area contributed by atoms with Gasteiger partial charge in [-0.1, -0.05) is 66.7 Å². The molecule has 0 aliphatic carbocycles. The average molecular weight is 446 g/mol. The highest BCUT2D eigenvalue weighted by Gasteiger charge is 2.58. The van der Waals surface area contributed by atoms with Crippen LogP contribution in [0.3, 0.4) is 0 Å². The minimum atomic E-state index is -1.69. The summed E-state index contributed by atoms with van der Waals surface area (Å²) in [6, 6.07) is 21.1. The molecule has 3 aromatic carbocycles. The first-order valence-electron chi connectivity index (χ1n) is 11.0. The Hall–Kier alpha value is -3.35. The zero-order chi connectivity index (χ0) is 23.0. The fraction of sp³-hybridized carbons (Fsp3) is 0.222. The number of aliphatic carboxylic acids is 1. The van der Waals surface area contributed by atoms with Crippen molar-refractivity contribution in [2.24, 2.45) is 0 Å². The molecule has 2 aliphatic heterocycles. The first-order chi connectivity index (χ1) is 16.0. The third kappa shape index (κ3) is 3.46. The lowest BCUT2D eigenvalue weighted by atomic mass is 9.78. The molecule has 3 atom stereocenters. The number of hydrogen-bond donors (Lipinski definition) is 2. The summed E-state index contributed by atoms with van der Waals surface area (Å²) in [6.45, 7) is 1.37. The molecule has 2 aliphatic rings. The van der Waals surface area contributed by atoms with Crippen molar-refractivity contribution in [3.05, 3.63) is 113 Å². The number of rotatable bonds is 5. The van der Waals surface area contributed by atoms with Crippen LogP contribution in [0.25, 0.3) is 5.57 Å². The van der Waals surface area contributed by atoms with Crippen LogP contribution in [0, 0.1) is 11.6 Å². The van der Waals surface area contributed by atoms with Crippen LogP contribution in [-0.2, 0) is 10.3 Å². The summed E-state index contributed by atoms with van der Waals surface area (Å²) < 4.78 is 29.5. The molecule has 0 spiro atoms. The van der Waals surface area contributed by atoms with Crippen molar-refractivity contribution in [3.8, 4) is 0 Å². The minimum absolute atomic E-state index is 0.0318. The molecule has 2 heterocycles. The Morgan fingerprint density at radius 3 is 2.33 bits per heavy atom. The van der Waals surface area contributed by atoms with E-state index in [1.807, 2.05) is 41.3 Å². The van der Waals surface area contributed by atoms with Gasteiger partial charge >= 0.3 is 5.97 Å². The molecule has 5 rings (SSSR count). The van der Waals surface area contributed by atoms with Gasteiger partial charge in [0.15, 0.2) is 5.54 Å². The third-order valence-electron chi connectivity index (χ3n) is 6.69. The van der Waals surface area contributed by atoms with Crippen molar-refractivity contribution in [1.29, 1.82) is 0 Å². The summed E-state index contributed by atoms with van der Waals surface area (Å²) in [5.41, 5.74) is -0.0577. The number of halogens is 2. The number of carbonyl (C=O) groups is 1. The topological polar surface area (TPSA) is 52.6 Å². The minimum Gasteiger partial charge on any atom is -0.479 e. The second-order valence-electron chi connectivity index (χ2n) is 8.50. The summed E-state index contributed by atoms with van der Waals surface area (Å²) in [5.74, 6) is -2.38. The van der Waals surface area contributed by atoms with Gasteiger partial charge in [-0.15, -0.1) is 0 Å². The van der Waals surface area contributed by atoms with Crippen LogP contribution in [-0.4, -0.2) is 35.1 Å². The fourth-order valence-corrected chi connectivity index (χ4v) is 5.31. The lowest BCUT2D eigenvalue weighted by Gasteiger charge is -2.44. The van der Waals surface area contributed by atoms with Gasteiger partial charge in [0.1, 0.15) is 11.6 Å². The van der Waals surface area contributed by atoms with Crippen LogP contribution in [0.4, 0.5) is 8.78 Å². The Morgan fingerprint density at radius 1 is 1.00 bits per heavy atom. The van der Waals surface area contributed by atoms with E-state index < -0.39 is 29.2 Å². The monoisotopic (exact) mass is 446 g/mol. The van der Waals surface area contributed by atoms with Gasteiger partial charge in [0.05, 0.1) is 6.04 Å². The molecule has 1 fully saturated rings. The van der Waals surface area contributed by atoms with Crippen LogP contribution < -0.4 is 5.32 Å². The highest BCUT2D eigenvalue weighted by Crippen LogP contribution is 2.54. The highest BCUT2D eigenvalue weighted by atomic mass is 19.1. The molecule has 2 N–H and O–H groups in total. The van der Waals surface area contributed by atoms with E-state index in [1.54, 1.807) is 30.3 Å². The van der Waals surface area contributed by atoms with Crippen molar-refractivity contribution in [2.75, 3.05) is 13.1 Å². The molecule has 4 nitrogen and oxygen atoms in total. The zero-order valence-corrected chi connectivity index (χ0v) is 17.9. The largest absolute Gasteiger partial charge is 0.479 e. The van der Waals surface area contributed by atoms with E-state index in [0.717, 1.165) is 36.7 Å². The maximum Gasteiger partial charge on any atom is 0.333 e. The predicted molar refractivity (Wildman–Crippen MR) is 122 cm³/mol. The third-order valence-corrected chi connectivity index (χ3v) is 6.69. The van der Waals surface area contributed by atoms with E-state index in [4.69, 9.17) is 0 Å². The van der Waals surface area contributed by atoms with Crippen LogP contribution in [0.1, 0.15) is 29.2 Å². The maximum atomic E-state index is 15.1. The second kappa shape index (κ2) is 8.54. The second-order valence-corrected chi connectivity index (χ2v) is 8.50. The lowest BCUT2D eigenvalue weighted by Crippen LogP contribution is -2.55. The molecule has 0 amide bonds. The average Bonchev–Trinajstić information content (AvgIpc) is 3.48. The Balaban J connectivity index is 1.84. The molecular formula is C27H24F2N2O2. The first kappa shape index (κ1) is 21.5. The molecule has 168 valence electrons. The molecule has 3 aromatic rings. The summed E-state index contributed by atoms with van der Waals surface area (Å²) >= 11 is 0. The fourth-order valence-electron chi connectivity index (χ4n) is 5.31. The molecule has 0 aromatic heterocycles. The standard InChI is InChI=1S/C27H24F2N2O2/c28-20-11-12-24(29)22(15-20)23-16-25(18-7-3-1-4-8-18)31(21-13-14-30-17-21)27(23,26(32)33)19-9-5-2-6-10-19/h1-12,15-16,21,25,30H,13-14,17H2,(H,32,33)/t21?,25-,27?/m0/s1. The number of hydrogen-bond acceptors (Lipinski definition) is 3.